The van der Waals surface area contributed by atoms with Crippen molar-refractivity contribution in [3.05, 3.63) is 48.0 Å². The number of hydrogen-bond donors (Lipinski definition) is 3. The first-order valence-corrected chi connectivity index (χ1v) is 10.1. The predicted octanol–water partition coefficient (Wildman–Crippen LogP) is 1.55. The van der Waals surface area contributed by atoms with Crippen molar-refractivity contribution < 1.29 is 27.9 Å². The molecule has 3 heterocycles. The van der Waals surface area contributed by atoms with Crippen molar-refractivity contribution in [3.8, 4) is 11.3 Å². The Labute approximate surface area is 197 Å². The number of carbonyl (C=O) groups is 3. The number of ether oxygens (including phenoxy) is 1. The van der Waals surface area contributed by atoms with Crippen molar-refractivity contribution in [2.24, 2.45) is 0 Å². The Kier molecular flexibility index (Phi) is 7.58. The van der Waals surface area contributed by atoms with Gasteiger partial charge in [-0.15, -0.1) is 10.2 Å². The van der Waals surface area contributed by atoms with Gasteiger partial charge in [0.25, 0.3) is 5.91 Å². The molecule has 3 aromatic rings. The summed E-state index contributed by atoms with van der Waals surface area (Å²) in [5.41, 5.74) is 4.15. The fraction of sp³-hybridized carbons (Fsp3) is 0.300. The maximum Gasteiger partial charge on any atom is 0.413 e. The first-order chi connectivity index (χ1) is 16.5. The molecule has 0 atom stereocenters. The minimum Gasteiger partial charge on any atom is -0.444 e. The van der Waals surface area contributed by atoms with E-state index in [9.17, 15) is 23.2 Å². The van der Waals surface area contributed by atoms with Gasteiger partial charge < -0.3 is 4.74 Å². The van der Waals surface area contributed by atoms with Gasteiger partial charge in [-0.2, -0.15) is 13.9 Å². The lowest BCUT2D eigenvalue weighted by atomic mass is 10.2. The molecule has 3 rings (SSSR count). The number of pyridine rings is 1. The number of aromatic nitrogens is 6. The van der Waals surface area contributed by atoms with Gasteiger partial charge in [-0.25, -0.2) is 14.5 Å². The van der Waals surface area contributed by atoms with E-state index in [-0.39, 0.29) is 12.2 Å². The molecule has 0 radical (unpaired) electrons. The van der Waals surface area contributed by atoms with Crippen LogP contribution in [0.5, 0.6) is 0 Å². The lowest BCUT2D eigenvalue weighted by molar-refractivity contribution is -0.132. The van der Waals surface area contributed by atoms with Crippen molar-refractivity contribution in [2.75, 3.05) is 5.32 Å². The van der Waals surface area contributed by atoms with Gasteiger partial charge in [-0.3, -0.25) is 25.8 Å². The second-order valence-corrected chi connectivity index (χ2v) is 8.01. The number of rotatable bonds is 6. The molecule has 3 N–H and O–H groups in total. The minimum absolute atomic E-state index is 0.176. The van der Waals surface area contributed by atoms with Crippen LogP contribution in [0.1, 0.15) is 37.0 Å². The number of nitrogens with zero attached hydrogens (tertiary/aromatic N) is 6. The number of hydrogen-bond acceptors (Lipinski definition) is 9. The minimum atomic E-state index is -3.26. The van der Waals surface area contributed by atoms with Crippen LogP contribution in [0.4, 0.5) is 19.4 Å². The molecule has 0 aliphatic rings. The van der Waals surface area contributed by atoms with Crippen molar-refractivity contribution in [2.45, 2.75) is 39.3 Å². The average Bonchev–Trinajstić information content (AvgIpc) is 3.25. The molecule has 13 nitrogen and oxygen atoms in total. The van der Waals surface area contributed by atoms with Gasteiger partial charge in [-0.1, -0.05) is 5.21 Å². The third kappa shape index (κ3) is 7.48. The van der Waals surface area contributed by atoms with Crippen LogP contribution in [-0.2, 0) is 16.1 Å². The molecular formula is C20H21F2N9O4. The first-order valence-electron chi connectivity index (χ1n) is 10.1. The van der Waals surface area contributed by atoms with Crippen LogP contribution < -0.4 is 16.2 Å². The highest BCUT2D eigenvalue weighted by Crippen LogP contribution is 2.17. The lowest BCUT2D eigenvalue weighted by Gasteiger charge is -2.19. The molecule has 0 aromatic carbocycles. The molecule has 35 heavy (non-hydrogen) atoms. The topological polar surface area (TPSA) is 166 Å². The fourth-order valence-corrected chi connectivity index (χ4v) is 2.50. The number of alkyl halides is 2. The number of halogens is 2. The Morgan fingerprint density at radius 3 is 2.43 bits per heavy atom. The summed E-state index contributed by atoms with van der Waals surface area (Å²) in [4.78, 5) is 38.6. The van der Waals surface area contributed by atoms with Crippen molar-refractivity contribution >= 4 is 23.7 Å². The van der Waals surface area contributed by atoms with E-state index in [2.05, 4.69) is 30.8 Å². The molecule has 15 heteroatoms. The Morgan fingerprint density at radius 2 is 1.83 bits per heavy atom. The fourth-order valence-electron chi connectivity index (χ4n) is 2.50. The largest absolute Gasteiger partial charge is 0.444 e. The highest BCUT2D eigenvalue weighted by Gasteiger charge is 2.18. The summed E-state index contributed by atoms with van der Waals surface area (Å²) >= 11 is 0. The van der Waals surface area contributed by atoms with E-state index in [0.29, 0.717) is 22.8 Å². The summed E-state index contributed by atoms with van der Waals surface area (Å²) in [5, 5.41) is 18.2. The molecule has 0 saturated carbocycles. The van der Waals surface area contributed by atoms with Crippen molar-refractivity contribution in [1.82, 2.24) is 41.0 Å². The first kappa shape index (κ1) is 25.1. The number of carbonyl (C=O) groups excluding carboxylic acids is 3. The summed E-state index contributed by atoms with van der Waals surface area (Å²) in [7, 11) is 0. The van der Waals surface area contributed by atoms with Crippen molar-refractivity contribution in [3.63, 3.8) is 0 Å². The van der Waals surface area contributed by atoms with Gasteiger partial charge >= 0.3 is 18.4 Å². The quantitative estimate of drug-likeness (QED) is 0.435. The lowest BCUT2D eigenvalue weighted by Crippen LogP contribution is -2.44. The van der Waals surface area contributed by atoms with Crippen molar-refractivity contribution in [1.29, 1.82) is 0 Å². The van der Waals surface area contributed by atoms with Crippen LogP contribution >= 0.6 is 0 Å². The van der Waals surface area contributed by atoms with Crippen LogP contribution in [0.25, 0.3) is 11.3 Å². The predicted molar refractivity (Wildman–Crippen MR) is 116 cm³/mol. The van der Waals surface area contributed by atoms with Crippen LogP contribution in [0, 0.1) is 0 Å². The van der Waals surface area contributed by atoms with Crippen LogP contribution in [0.3, 0.4) is 0 Å². The molecule has 0 saturated heterocycles. The van der Waals surface area contributed by atoms with Gasteiger partial charge in [0.1, 0.15) is 17.1 Å². The zero-order valence-electron chi connectivity index (χ0n) is 18.8. The number of hydrazine groups is 1. The monoisotopic (exact) mass is 489 g/mol. The van der Waals surface area contributed by atoms with Crippen LogP contribution in [0.15, 0.2) is 36.7 Å². The number of nitrogens with one attached hydrogen (secondary N) is 3. The SMILES string of the molecule is CC(C)(C)OC(=O)Nc1ccc(-c2cn(Cc3ccc(C(=O)NNC(=O)C(F)F)nn3)nn2)cn1. The molecule has 0 aliphatic heterocycles. The van der Waals surface area contributed by atoms with Gasteiger partial charge in [0.2, 0.25) is 0 Å². The Balaban J connectivity index is 1.57. The standard InChI is InChI=1S/C20H21F2N9O4/c1-20(2,3)35-19(34)24-15-7-4-11(8-23-15)14-10-31(30-27-14)9-12-5-6-13(26-25-12)17(32)28-29-18(33)16(21)22/h4-8,10,16H,9H2,1-3H3,(H,28,32)(H,29,33)(H,23,24,34). The van der Waals surface area contributed by atoms with E-state index in [1.165, 1.54) is 23.0 Å². The van der Waals surface area contributed by atoms with E-state index in [1.54, 1.807) is 44.5 Å². The molecule has 0 fully saturated rings. The van der Waals surface area contributed by atoms with Gasteiger partial charge in [-0.05, 0) is 45.0 Å². The van der Waals surface area contributed by atoms with Gasteiger partial charge in [0.05, 0.1) is 18.4 Å². The maximum atomic E-state index is 12.1. The Bertz CT molecular complexity index is 1190. The molecule has 0 unspecified atom stereocenters. The zero-order chi connectivity index (χ0) is 25.6. The normalized spacial score (nSPS) is 11.1. The molecular weight excluding hydrogens is 468 g/mol. The summed E-state index contributed by atoms with van der Waals surface area (Å²) in [6, 6.07) is 6.09. The zero-order valence-corrected chi connectivity index (χ0v) is 18.8. The summed E-state index contributed by atoms with van der Waals surface area (Å²) in [6.45, 7) is 5.44. The molecule has 3 amide bonds. The van der Waals surface area contributed by atoms with E-state index in [1.807, 2.05) is 5.43 Å². The Hall–Kier alpha value is -4.56. The maximum absolute atomic E-state index is 12.1. The third-order valence-corrected chi connectivity index (χ3v) is 4.00. The smallest absolute Gasteiger partial charge is 0.413 e. The summed E-state index contributed by atoms with van der Waals surface area (Å²) < 4.78 is 30.9. The van der Waals surface area contributed by atoms with Crippen LogP contribution in [-0.4, -0.2) is 60.1 Å². The highest BCUT2D eigenvalue weighted by molar-refractivity contribution is 5.93. The van der Waals surface area contributed by atoms with Gasteiger partial charge in [0, 0.05) is 11.8 Å². The Morgan fingerprint density at radius 1 is 1.06 bits per heavy atom. The summed E-state index contributed by atoms with van der Waals surface area (Å²) in [6.07, 6.45) is -0.730. The van der Waals surface area contributed by atoms with Gasteiger partial charge in [0.15, 0.2) is 5.69 Å². The number of amides is 3. The second kappa shape index (κ2) is 10.6. The highest BCUT2D eigenvalue weighted by atomic mass is 19.3. The van der Waals surface area contributed by atoms with E-state index in [0.717, 1.165) is 0 Å². The average molecular weight is 489 g/mol. The molecule has 0 bridgehead atoms. The molecule has 0 aliphatic carbocycles. The summed E-state index contributed by atoms with van der Waals surface area (Å²) in [5.74, 6) is -2.24. The molecule has 3 aromatic heterocycles. The van der Waals surface area contributed by atoms with Crippen LogP contribution in [0.2, 0.25) is 0 Å². The number of anilines is 1. The van der Waals surface area contributed by atoms with E-state index >= 15 is 0 Å². The second-order valence-electron chi connectivity index (χ2n) is 8.01. The molecule has 184 valence electrons. The van der Waals surface area contributed by atoms with E-state index < -0.39 is 29.9 Å². The molecule has 0 spiro atoms. The van der Waals surface area contributed by atoms with E-state index in [4.69, 9.17) is 4.74 Å². The third-order valence-electron chi connectivity index (χ3n) is 4.00.